The Kier molecular flexibility index (Phi) is 9.83. The van der Waals surface area contributed by atoms with E-state index in [4.69, 9.17) is 18.0 Å². The number of ether oxygens (including phenoxy) is 1. The molecule has 0 aromatic heterocycles. The molecule has 0 saturated heterocycles. The average Bonchev–Trinajstić information content (AvgIpc) is 2.31. The first-order valence-corrected chi connectivity index (χ1v) is 9.87. The second-order valence-corrected chi connectivity index (χ2v) is 8.78. The van der Waals surface area contributed by atoms with Crippen LogP contribution in [0.5, 0.6) is 0 Å². The van der Waals surface area contributed by atoms with Crippen molar-refractivity contribution in [3.63, 3.8) is 0 Å². The lowest BCUT2D eigenvalue weighted by atomic mass is 10.4. The van der Waals surface area contributed by atoms with Gasteiger partial charge in [0, 0.05) is 29.9 Å². The number of hydrogen-bond acceptors (Lipinski definition) is 5. The first kappa shape index (κ1) is 21.3. The first-order valence-electron chi connectivity index (χ1n) is 7.94. The van der Waals surface area contributed by atoms with Gasteiger partial charge in [-0.05, 0) is 54.9 Å². The number of carbonyl (C=O) groups is 1. The van der Waals surface area contributed by atoms with E-state index in [1.165, 1.54) is 0 Å². The second kappa shape index (κ2) is 10.2. The Morgan fingerprint density at radius 2 is 1.36 bits per heavy atom. The molecule has 6 heteroatoms. The van der Waals surface area contributed by atoms with Gasteiger partial charge >= 0.3 is 14.8 Å². The Bertz CT molecular complexity index is 326. The molecular weight excluding hydrogens is 300 g/mol. The second-order valence-electron chi connectivity index (χ2n) is 6.20. The molecule has 0 bridgehead atoms. The molecule has 0 aliphatic rings. The fourth-order valence-electron chi connectivity index (χ4n) is 1.91. The summed E-state index contributed by atoms with van der Waals surface area (Å²) in [6, 6.07) is 0.616. The van der Waals surface area contributed by atoms with Crippen molar-refractivity contribution in [3.8, 4) is 0 Å². The molecule has 130 valence electrons. The zero-order valence-corrected chi connectivity index (χ0v) is 16.1. The van der Waals surface area contributed by atoms with Gasteiger partial charge in [0.15, 0.2) is 0 Å². The molecule has 0 rings (SSSR count). The van der Waals surface area contributed by atoms with Gasteiger partial charge in [0.2, 0.25) is 0 Å². The maximum absolute atomic E-state index is 11.4. The summed E-state index contributed by atoms with van der Waals surface area (Å²) in [6.45, 7) is 17.3. The molecule has 0 aromatic carbocycles. The van der Waals surface area contributed by atoms with Gasteiger partial charge in [-0.3, -0.25) is 0 Å². The van der Waals surface area contributed by atoms with Crippen LogP contribution in [-0.4, -0.2) is 39.7 Å². The third-order valence-electron chi connectivity index (χ3n) is 2.45. The SMILES string of the molecule is C=C(C)C(=O)OCCC[Si](OC(C)C)(OC(C)C)OC(C)C. The normalized spacial score (nSPS) is 12.3. The van der Waals surface area contributed by atoms with Crippen molar-refractivity contribution < 1.29 is 22.8 Å². The molecular formula is C16H32O5Si. The maximum atomic E-state index is 11.4. The van der Waals surface area contributed by atoms with Crippen molar-refractivity contribution in [2.75, 3.05) is 6.61 Å². The fourth-order valence-corrected chi connectivity index (χ4v) is 5.17. The third-order valence-corrected chi connectivity index (χ3v) is 5.91. The topological polar surface area (TPSA) is 54.0 Å². The summed E-state index contributed by atoms with van der Waals surface area (Å²) in [6.07, 6.45) is 0.684. The van der Waals surface area contributed by atoms with Crippen LogP contribution in [0, 0.1) is 0 Å². The van der Waals surface area contributed by atoms with Crippen LogP contribution in [0.1, 0.15) is 54.9 Å². The van der Waals surface area contributed by atoms with Gasteiger partial charge < -0.3 is 18.0 Å². The maximum Gasteiger partial charge on any atom is 0.501 e. The zero-order chi connectivity index (χ0) is 17.3. The number of carbonyl (C=O) groups excluding carboxylic acids is 1. The summed E-state index contributed by atoms with van der Waals surface area (Å²) in [7, 11) is -2.80. The zero-order valence-electron chi connectivity index (χ0n) is 15.1. The molecule has 0 aromatic rings. The van der Waals surface area contributed by atoms with Crippen molar-refractivity contribution in [2.45, 2.75) is 79.2 Å². The van der Waals surface area contributed by atoms with Crippen LogP contribution >= 0.6 is 0 Å². The van der Waals surface area contributed by atoms with Crippen molar-refractivity contribution >= 4 is 14.8 Å². The number of esters is 1. The van der Waals surface area contributed by atoms with E-state index in [2.05, 4.69) is 6.58 Å². The highest BCUT2D eigenvalue weighted by atomic mass is 28.4. The molecule has 0 aliphatic carbocycles. The van der Waals surface area contributed by atoms with E-state index < -0.39 is 8.80 Å². The number of hydrogen-bond donors (Lipinski definition) is 0. The smallest absolute Gasteiger partial charge is 0.462 e. The van der Waals surface area contributed by atoms with Gasteiger partial charge in [-0.25, -0.2) is 4.79 Å². The van der Waals surface area contributed by atoms with E-state index in [0.29, 0.717) is 24.6 Å². The Balaban J connectivity index is 4.73. The molecule has 0 spiro atoms. The van der Waals surface area contributed by atoms with Crippen LogP contribution < -0.4 is 0 Å². The quantitative estimate of drug-likeness (QED) is 0.250. The fraction of sp³-hybridized carbons (Fsp3) is 0.812. The van der Waals surface area contributed by atoms with E-state index in [9.17, 15) is 4.79 Å². The lowest BCUT2D eigenvalue weighted by Gasteiger charge is -2.34. The average molecular weight is 333 g/mol. The van der Waals surface area contributed by atoms with Crippen LogP contribution in [0.15, 0.2) is 12.2 Å². The predicted molar refractivity (Wildman–Crippen MR) is 89.6 cm³/mol. The van der Waals surface area contributed by atoms with Crippen LogP contribution in [0.4, 0.5) is 0 Å². The van der Waals surface area contributed by atoms with Crippen LogP contribution in [0.2, 0.25) is 6.04 Å². The van der Waals surface area contributed by atoms with E-state index in [-0.39, 0.29) is 24.3 Å². The molecule has 0 N–H and O–H groups in total. The Hall–Kier alpha value is -0.693. The van der Waals surface area contributed by atoms with Crippen LogP contribution in [0.25, 0.3) is 0 Å². The molecule has 0 heterocycles. The molecule has 0 unspecified atom stereocenters. The highest BCUT2D eigenvalue weighted by molar-refractivity contribution is 6.60. The minimum Gasteiger partial charge on any atom is -0.462 e. The van der Waals surface area contributed by atoms with E-state index in [0.717, 1.165) is 0 Å². The lowest BCUT2D eigenvalue weighted by Crippen LogP contribution is -2.50. The van der Waals surface area contributed by atoms with E-state index in [1.54, 1.807) is 6.92 Å². The molecule has 22 heavy (non-hydrogen) atoms. The summed E-state index contributed by atoms with van der Waals surface area (Å²) in [4.78, 5) is 11.4. The van der Waals surface area contributed by atoms with Gasteiger partial charge in [0.1, 0.15) is 0 Å². The Labute approximate surface area is 136 Å². The highest BCUT2D eigenvalue weighted by Gasteiger charge is 2.43. The minimum atomic E-state index is -2.80. The predicted octanol–water partition coefficient (Wildman–Crippen LogP) is 3.71. The molecule has 0 fully saturated rings. The van der Waals surface area contributed by atoms with Gasteiger partial charge in [0.05, 0.1) is 6.61 Å². The standard InChI is InChI=1S/C16H32O5Si/c1-12(2)16(17)18-10-9-11-22(19-13(3)4,20-14(5)6)21-15(7)8/h13-15H,1,9-11H2,2-8H3. The minimum absolute atomic E-state index is 0.0159. The molecule has 0 aliphatic heterocycles. The van der Waals surface area contributed by atoms with Gasteiger partial charge in [0.25, 0.3) is 0 Å². The van der Waals surface area contributed by atoms with Crippen molar-refractivity contribution in [2.24, 2.45) is 0 Å². The molecule has 0 saturated carbocycles. The highest BCUT2D eigenvalue weighted by Crippen LogP contribution is 2.23. The van der Waals surface area contributed by atoms with Crippen LogP contribution in [-0.2, 0) is 22.8 Å². The summed E-state index contributed by atoms with van der Waals surface area (Å²) >= 11 is 0. The van der Waals surface area contributed by atoms with Crippen molar-refractivity contribution in [3.05, 3.63) is 12.2 Å². The lowest BCUT2D eigenvalue weighted by molar-refractivity contribution is -0.139. The van der Waals surface area contributed by atoms with Gasteiger partial charge in [-0.15, -0.1) is 0 Å². The monoisotopic (exact) mass is 332 g/mol. The van der Waals surface area contributed by atoms with E-state index >= 15 is 0 Å². The summed E-state index contributed by atoms with van der Waals surface area (Å²) < 4.78 is 23.3. The first-order chi connectivity index (χ1) is 10.1. The van der Waals surface area contributed by atoms with Crippen LogP contribution in [0.3, 0.4) is 0 Å². The molecule has 5 nitrogen and oxygen atoms in total. The summed E-state index contributed by atoms with van der Waals surface area (Å²) in [5, 5.41) is 0. The summed E-state index contributed by atoms with van der Waals surface area (Å²) in [5.74, 6) is -0.369. The molecule has 0 atom stereocenters. The number of rotatable bonds is 11. The largest absolute Gasteiger partial charge is 0.501 e. The van der Waals surface area contributed by atoms with Crippen molar-refractivity contribution in [1.82, 2.24) is 0 Å². The third kappa shape index (κ3) is 9.35. The Morgan fingerprint density at radius 3 is 1.68 bits per heavy atom. The van der Waals surface area contributed by atoms with Gasteiger partial charge in [-0.2, -0.15) is 0 Å². The van der Waals surface area contributed by atoms with Crippen molar-refractivity contribution in [1.29, 1.82) is 0 Å². The van der Waals surface area contributed by atoms with E-state index in [1.807, 2.05) is 41.5 Å². The van der Waals surface area contributed by atoms with Gasteiger partial charge in [-0.1, -0.05) is 6.58 Å². The molecule has 0 radical (unpaired) electrons. The summed E-state index contributed by atoms with van der Waals surface area (Å²) in [5.41, 5.74) is 0.402. The Morgan fingerprint density at radius 1 is 0.955 bits per heavy atom. The molecule has 0 amide bonds.